The summed E-state index contributed by atoms with van der Waals surface area (Å²) in [7, 11) is 1.66. The number of methoxy groups -OCH3 is 1. The van der Waals surface area contributed by atoms with Crippen molar-refractivity contribution >= 4 is 0 Å². The molecule has 1 unspecified atom stereocenters. The number of aromatic nitrogens is 3. The van der Waals surface area contributed by atoms with Gasteiger partial charge >= 0.3 is 0 Å². The summed E-state index contributed by atoms with van der Waals surface area (Å²) in [6, 6.07) is 16.9. The van der Waals surface area contributed by atoms with Gasteiger partial charge in [-0.1, -0.05) is 18.2 Å². The number of hydrogen-bond acceptors (Lipinski definition) is 4. The van der Waals surface area contributed by atoms with Crippen molar-refractivity contribution in [2.24, 2.45) is 0 Å². The Morgan fingerprint density at radius 3 is 2.61 bits per heavy atom. The molecule has 0 saturated heterocycles. The van der Waals surface area contributed by atoms with E-state index in [2.05, 4.69) is 9.55 Å². The van der Waals surface area contributed by atoms with Crippen LogP contribution in [-0.4, -0.2) is 28.3 Å². The Kier molecular flexibility index (Phi) is 5.92. The second-order valence-electron chi connectivity index (χ2n) is 8.35. The smallest absolute Gasteiger partial charge is 0.123 e. The molecular weight excluding hydrogens is 417 g/mol. The highest BCUT2D eigenvalue weighted by Crippen LogP contribution is 2.40. The highest BCUT2D eigenvalue weighted by Gasteiger charge is 2.30. The van der Waals surface area contributed by atoms with Crippen molar-refractivity contribution in [2.45, 2.75) is 32.4 Å². The Bertz CT molecular complexity index is 1250. The highest BCUT2D eigenvalue weighted by atomic mass is 19.1. The Labute approximate surface area is 192 Å². The summed E-state index contributed by atoms with van der Waals surface area (Å²) in [5.74, 6) is 1.59. The van der Waals surface area contributed by atoms with Gasteiger partial charge in [-0.05, 0) is 60.9 Å². The fourth-order valence-electron chi connectivity index (χ4n) is 4.49. The predicted octanol–water partition coefficient (Wildman–Crippen LogP) is 5.77. The molecule has 3 heterocycles. The lowest BCUT2D eigenvalue weighted by Gasteiger charge is -2.18. The first kappa shape index (κ1) is 21.3. The molecular formula is C27H26FN3O2. The largest absolute Gasteiger partial charge is 0.497 e. The molecule has 1 aliphatic rings. The van der Waals surface area contributed by atoms with Gasteiger partial charge in [0.15, 0.2) is 0 Å². The summed E-state index contributed by atoms with van der Waals surface area (Å²) < 4.78 is 27.8. The number of rotatable bonds is 7. The van der Waals surface area contributed by atoms with E-state index in [1.165, 1.54) is 6.07 Å². The van der Waals surface area contributed by atoms with Crippen molar-refractivity contribution in [3.05, 3.63) is 89.8 Å². The lowest BCUT2D eigenvalue weighted by molar-refractivity contribution is 0.0925. The number of benzene rings is 2. The van der Waals surface area contributed by atoms with Crippen LogP contribution in [0.3, 0.4) is 0 Å². The maximum Gasteiger partial charge on any atom is 0.123 e. The number of pyridine rings is 1. The lowest BCUT2D eigenvalue weighted by Crippen LogP contribution is -2.13. The van der Waals surface area contributed by atoms with Crippen LogP contribution in [0.5, 0.6) is 5.75 Å². The van der Waals surface area contributed by atoms with Gasteiger partial charge in [0.2, 0.25) is 0 Å². The number of imidazole rings is 1. The standard InChI is InChI=1S/C27H26FN3O2/c1-18-3-6-21(28)15-24(18)26-27(20-11-13-29-14-12-20)31-22(7-10-25(31)30-26)17-33-16-19-4-8-23(32-2)9-5-19/h3-6,8-9,11-15,22H,7,10,16-17H2,1-2H3. The summed E-state index contributed by atoms with van der Waals surface area (Å²) in [5, 5.41) is 0. The van der Waals surface area contributed by atoms with Crippen LogP contribution < -0.4 is 4.74 Å². The topological polar surface area (TPSA) is 49.2 Å². The van der Waals surface area contributed by atoms with E-state index >= 15 is 0 Å². The average molecular weight is 444 g/mol. The van der Waals surface area contributed by atoms with Crippen molar-refractivity contribution in [1.29, 1.82) is 0 Å². The number of nitrogens with zero attached hydrogens (tertiary/aromatic N) is 3. The summed E-state index contributed by atoms with van der Waals surface area (Å²) >= 11 is 0. The molecule has 0 aliphatic carbocycles. The lowest BCUT2D eigenvalue weighted by atomic mass is 10.0. The third kappa shape index (κ3) is 4.26. The molecule has 0 N–H and O–H groups in total. The number of halogens is 1. The summed E-state index contributed by atoms with van der Waals surface area (Å²) in [6.07, 6.45) is 5.39. The van der Waals surface area contributed by atoms with Crippen molar-refractivity contribution in [3.63, 3.8) is 0 Å². The molecule has 5 nitrogen and oxygen atoms in total. The molecule has 168 valence electrons. The van der Waals surface area contributed by atoms with Gasteiger partial charge in [0.05, 0.1) is 37.8 Å². The van der Waals surface area contributed by atoms with E-state index < -0.39 is 0 Å². The SMILES string of the molecule is COc1ccc(COCC2CCc3nc(-c4cc(F)ccc4C)c(-c4ccncc4)n32)cc1. The normalized spacial score (nSPS) is 14.9. The van der Waals surface area contributed by atoms with Crippen molar-refractivity contribution < 1.29 is 13.9 Å². The van der Waals surface area contributed by atoms with Gasteiger partial charge in [0.1, 0.15) is 17.4 Å². The average Bonchev–Trinajstić information content (AvgIpc) is 3.41. The Balaban J connectivity index is 1.46. The second-order valence-corrected chi connectivity index (χ2v) is 8.35. The molecule has 0 saturated carbocycles. The summed E-state index contributed by atoms with van der Waals surface area (Å²) in [4.78, 5) is 9.16. The van der Waals surface area contributed by atoms with Crippen LogP contribution in [0, 0.1) is 12.7 Å². The molecule has 0 radical (unpaired) electrons. The molecule has 6 heteroatoms. The number of aryl methyl sites for hydroxylation is 2. The third-order valence-electron chi connectivity index (χ3n) is 6.20. The van der Waals surface area contributed by atoms with Crippen LogP contribution in [0.1, 0.15) is 29.4 Å². The van der Waals surface area contributed by atoms with Crippen LogP contribution in [0.4, 0.5) is 4.39 Å². The molecule has 1 atom stereocenters. The zero-order valence-electron chi connectivity index (χ0n) is 18.8. The van der Waals surface area contributed by atoms with E-state index in [1.54, 1.807) is 31.6 Å². The molecule has 5 rings (SSSR count). The Morgan fingerprint density at radius 1 is 1.06 bits per heavy atom. The van der Waals surface area contributed by atoms with E-state index in [-0.39, 0.29) is 11.9 Å². The van der Waals surface area contributed by atoms with Gasteiger partial charge in [-0.15, -0.1) is 0 Å². The van der Waals surface area contributed by atoms with Gasteiger partial charge in [0, 0.05) is 29.9 Å². The molecule has 0 amide bonds. The predicted molar refractivity (Wildman–Crippen MR) is 126 cm³/mol. The van der Waals surface area contributed by atoms with Crippen LogP contribution in [0.15, 0.2) is 67.0 Å². The monoisotopic (exact) mass is 443 g/mol. The fourth-order valence-corrected chi connectivity index (χ4v) is 4.49. The van der Waals surface area contributed by atoms with E-state index in [4.69, 9.17) is 14.5 Å². The Morgan fingerprint density at radius 2 is 1.85 bits per heavy atom. The van der Waals surface area contributed by atoms with Gasteiger partial charge < -0.3 is 14.0 Å². The molecule has 0 fully saturated rings. The zero-order chi connectivity index (χ0) is 22.8. The first-order chi connectivity index (χ1) is 16.1. The number of hydrogen-bond donors (Lipinski definition) is 0. The Hall–Kier alpha value is -3.51. The number of fused-ring (bicyclic) bond motifs is 1. The minimum Gasteiger partial charge on any atom is -0.497 e. The molecule has 4 aromatic rings. The van der Waals surface area contributed by atoms with Gasteiger partial charge in [0.25, 0.3) is 0 Å². The maximum atomic E-state index is 14.1. The summed E-state index contributed by atoms with van der Waals surface area (Å²) in [5.41, 5.74) is 5.75. The maximum absolute atomic E-state index is 14.1. The van der Waals surface area contributed by atoms with E-state index in [1.807, 2.05) is 43.3 Å². The van der Waals surface area contributed by atoms with E-state index in [0.29, 0.717) is 13.2 Å². The van der Waals surface area contributed by atoms with Crippen LogP contribution in [-0.2, 0) is 17.8 Å². The van der Waals surface area contributed by atoms with Crippen molar-refractivity contribution in [3.8, 4) is 28.3 Å². The third-order valence-corrected chi connectivity index (χ3v) is 6.20. The summed E-state index contributed by atoms with van der Waals surface area (Å²) in [6.45, 7) is 3.10. The van der Waals surface area contributed by atoms with Crippen LogP contribution in [0.2, 0.25) is 0 Å². The molecule has 0 bridgehead atoms. The minimum atomic E-state index is -0.260. The zero-order valence-corrected chi connectivity index (χ0v) is 18.8. The molecule has 2 aromatic carbocycles. The van der Waals surface area contributed by atoms with Crippen molar-refractivity contribution in [1.82, 2.24) is 14.5 Å². The van der Waals surface area contributed by atoms with E-state index in [0.717, 1.165) is 58.1 Å². The number of ether oxygens (including phenoxy) is 2. The van der Waals surface area contributed by atoms with Gasteiger partial charge in [-0.3, -0.25) is 4.98 Å². The second kappa shape index (κ2) is 9.16. The van der Waals surface area contributed by atoms with Gasteiger partial charge in [-0.2, -0.15) is 0 Å². The molecule has 0 spiro atoms. The quantitative estimate of drug-likeness (QED) is 0.364. The van der Waals surface area contributed by atoms with Crippen molar-refractivity contribution in [2.75, 3.05) is 13.7 Å². The first-order valence-electron chi connectivity index (χ1n) is 11.1. The molecule has 33 heavy (non-hydrogen) atoms. The highest BCUT2D eigenvalue weighted by molar-refractivity contribution is 5.81. The van der Waals surface area contributed by atoms with E-state index in [9.17, 15) is 4.39 Å². The first-order valence-corrected chi connectivity index (χ1v) is 11.1. The molecule has 2 aromatic heterocycles. The van der Waals surface area contributed by atoms with Crippen LogP contribution >= 0.6 is 0 Å². The minimum absolute atomic E-state index is 0.163. The molecule has 1 aliphatic heterocycles. The van der Waals surface area contributed by atoms with Crippen LogP contribution in [0.25, 0.3) is 22.5 Å². The fraction of sp³-hybridized carbons (Fsp3) is 0.259. The van der Waals surface area contributed by atoms with Gasteiger partial charge in [-0.25, -0.2) is 9.37 Å².